The van der Waals surface area contributed by atoms with Gasteiger partial charge < -0.3 is 86.7 Å². The van der Waals surface area contributed by atoms with Crippen molar-refractivity contribution in [2.75, 3.05) is 158 Å². The fourth-order valence-electron chi connectivity index (χ4n) is 12.4. The minimum absolute atomic E-state index is 0.0232. The molecule has 6 amide bonds. The Morgan fingerprint density at radius 3 is 1.51 bits per heavy atom. The molecule has 0 saturated carbocycles. The molecule has 0 aliphatic carbocycles. The van der Waals surface area contributed by atoms with E-state index in [1.54, 1.807) is 65.6 Å². The monoisotopic (exact) mass is 1480 g/mol. The normalized spacial score (nSPS) is 16.6. The number of anilines is 1. The van der Waals surface area contributed by atoms with Crippen LogP contribution in [0.25, 0.3) is 11.1 Å². The first kappa shape index (κ1) is 79.8. The van der Waals surface area contributed by atoms with Crippen molar-refractivity contribution >= 4 is 87.6 Å². The van der Waals surface area contributed by atoms with Gasteiger partial charge in [0.2, 0.25) is 18.6 Å². The van der Waals surface area contributed by atoms with E-state index >= 15 is 0 Å². The first-order chi connectivity index (χ1) is 52.0. The van der Waals surface area contributed by atoms with E-state index < -0.39 is 23.7 Å². The van der Waals surface area contributed by atoms with Crippen LogP contribution >= 0.6 is 0 Å². The summed E-state index contributed by atoms with van der Waals surface area (Å²) in [6.07, 6.45) is 11.4. The molecule has 29 heteroatoms. The quantitative estimate of drug-likeness (QED) is 0.0313. The number of ketones is 2. The van der Waals surface area contributed by atoms with E-state index in [-0.39, 0.29) is 112 Å². The van der Waals surface area contributed by atoms with Gasteiger partial charge in [0, 0.05) is 125 Å². The van der Waals surface area contributed by atoms with Gasteiger partial charge in [-0.15, -0.1) is 0 Å². The lowest BCUT2D eigenvalue weighted by atomic mass is 9.83. The second-order valence-electron chi connectivity index (χ2n) is 26.1. The van der Waals surface area contributed by atoms with E-state index in [1.807, 2.05) is 56.6 Å². The molecule has 4 aromatic carbocycles. The molecule has 0 radical (unpaired) electrons. The highest BCUT2D eigenvalue weighted by molar-refractivity contribution is 6.13. The lowest BCUT2D eigenvalue weighted by Gasteiger charge is -2.21. The number of carbonyl (C=O) groups is 8. The Morgan fingerprint density at radius 1 is 0.533 bits per heavy atom. The van der Waals surface area contributed by atoms with Crippen LogP contribution < -0.4 is 39.1 Å². The summed E-state index contributed by atoms with van der Waals surface area (Å²) in [5.41, 5.74) is 5.89. The number of rotatable bonds is 48. The number of hydrogen-bond donors (Lipinski definition) is 2. The summed E-state index contributed by atoms with van der Waals surface area (Å²) >= 11 is 0. The Balaban J connectivity index is 0.539. The van der Waals surface area contributed by atoms with Gasteiger partial charge in [0.15, 0.2) is 34.5 Å². The fraction of sp³-hybridized carbons (Fsp3) is 0.487. The Labute approximate surface area is 621 Å². The number of carbonyl (C=O) groups excluding carboxylic acids is 8. The topological polar surface area (TPSA) is 324 Å². The molecule has 1 unspecified atom stereocenters. The molecule has 0 aromatic heterocycles. The number of nitrogens with one attached hydrogen (secondary N) is 2. The molecule has 4 atom stereocenters. The molecule has 2 N–H and O–H groups in total. The number of nitrogens with zero attached hydrogens (tertiary/aromatic N) is 5. The van der Waals surface area contributed by atoms with Crippen LogP contribution in [0.15, 0.2) is 101 Å². The van der Waals surface area contributed by atoms with Crippen LogP contribution in [0.4, 0.5) is 17.1 Å². The number of imide groups is 1. The van der Waals surface area contributed by atoms with Gasteiger partial charge in [-0.3, -0.25) is 53.2 Å². The second kappa shape index (κ2) is 40.8. The molecular formula is C78H95N7O22. The van der Waals surface area contributed by atoms with Crippen molar-refractivity contribution in [2.45, 2.75) is 77.8 Å². The molecule has 6 aliphatic heterocycles. The highest BCUT2D eigenvalue weighted by Crippen LogP contribution is 2.43. The van der Waals surface area contributed by atoms with Crippen molar-refractivity contribution < 1.29 is 105 Å². The second-order valence-corrected chi connectivity index (χ2v) is 26.1. The Morgan fingerprint density at radius 2 is 1.01 bits per heavy atom. The number of fused-ring (bicyclic) bond motifs is 5. The fourth-order valence-corrected chi connectivity index (χ4v) is 12.4. The minimum Gasteiger partial charge on any atom is -0.493 e. The van der Waals surface area contributed by atoms with E-state index in [2.05, 4.69) is 10.6 Å². The van der Waals surface area contributed by atoms with Crippen LogP contribution in [0.1, 0.15) is 97.6 Å². The summed E-state index contributed by atoms with van der Waals surface area (Å²) < 4.78 is 79.0. The Hall–Kier alpha value is -9.72. The van der Waals surface area contributed by atoms with Crippen LogP contribution in [-0.4, -0.2) is 239 Å². The molecule has 574 valence electrons. The van der Waals surface area contributed by atoms with Gasteiger partial charge in [-0.2, -0.15) is 0 Å². The third-order valence-corrected chi connectivity index (χ3v) is 18.3. The maximum atomic E-state index is 14.2. The molecule has 10 rings (SSSR count). The number of aliphatic imine (C=N–C) groups is 2. The Bertz CT molecular complexity index is 3910. The van der Waals surface area contributed by atoms with Gasteiger partial charge >= 0.3 is 0 Å². The van der Waals surface area contributed by atoms with Crippen molar-refractivity contribution in [3.63, 3.8) is 0 Å². The molecule has 6 heterocycles. The molecule has 107 heavy (non-hydrogen) atoms. The molecule has 0 fully saturated rings. The predicted molar refractivity (Wildman–Crippen MR) is 392 cm³/mol. The van der Waals surface area contributed by atoms with E-state index in [1.165, 1.54) is 26.4 Å². The van der Waals surface area contributed by atoms with Crippen molar-refractivity contribution in [3.05, 3.63) is 114 Å². The SMILES string of the molecule is COc1cc2c(cc1OCCCOc1cc3c(cc1OC)C(=O)N1C=C(c4ccc5c(c4)OCO5)C[C@H]1C=N3)N=C[C@@H]1CC(c3ccc(NC(=O)[C@H](C)CC(=O)C(CC(=O)CCOCCOCCOCCOCCOCCOCCOCCOCCNC(=O)CCN4C(=O)C=CC4=O)C(C)C)cc3)=CN1C2=O. The summed E-state index contributed by atoms with van der Waals surface area (Å²) in [6, 6.07) is 19.2. The van der Waals surface area contributed by atoms with E-state index in [0.29, 0.717) is 188 Å². The largest absolute Gasteiger partial charge is 0.493 e. The maximum absolute atomic E-state index is 14.2. The molecule has 0 spiro atoms. The van der Waals surface area contributed by atoms with Crippen molar-refractivity contribution in [3.8, 4) is 34.5 Å². The summed E-state index contributed by atoms with van der Waals surface area (Å²) in [4.78, 5) is 117. The molecule has 0 bridgehead atoms. The van der Waals surface area contributed by atoms with Crippen LogP contribution in [0.3, 0.4) is 0 Å². The molecule has 0 saturated heterocycles. The molecule has 6 aliphatic rings. The number of amides is 6. The number of Topliss-reactive ketones (excluding diaryl/α,β-unsaturated/α-hetero) is 2. The van der Waals surface area contributed by atoms with Gasteiger partial charge in [0.1, 0.15) is 11.6 Å². The number of hydrogen-bond acceptors (Lipinski definition) is 24. The highest BCUT2D eigenvalue weighted by atomic mass is 16.7. The first-order valence-electron chi connectivity index (χ1n) is 36.2. The van der Waals surface area contributed by atoms with Gasteiger partial charge in [-0.25, -0.2) is 0 Å². The lowest BCUT2D eigenvalue weighted by Crippen LogP contribution is -2.35. The smallest absolute Gasteiger partial charge is 0.260 e. The van der Waals surface area contributed by atoms with Crippen molar-refractivity contribution in [1.82, 2.24) is 20.0 Å². The summed E-state index contributed by atoms with van der Waals surface area (Å²) in [7, 11) is 3.03. The Kier molecular flexibility index (Phi) is 30.5. The molecule has 29 nitrogen and oxygen atoms in total. The molecular weight excluding hydrogens is 1390 g/mol. The lowest BCUT2D eigenvalue weighted by molar-refractivity contribution is -0.137. The van der Waals surface area contributed by atoms with Crippen LogP contribution in [0.5, 0.6) is 34.5 Å². The maximum Gasteiger partial charge on any atom is 0.260 e. The average Bonchev–Trinajstić information content (AvgIpc) is 1.66. The average molecular weight is 1480 g/mol. The standard InChI is InChI=1S/C78H95N7O22/c1-51(2)61(41-60(86)16-21-96-23-25-98-27-29-100-31-33-102-35-36-103-34-32-101-30-28-99-26-24-97-22-17-79-73(88)15-18-83-74(89)13-14-75(83)90)66(87)37-52(3)76(91)82-57-10-7-53(8-11-57)55-38-58-46-80-64-44-71(68(94-4)42-62(64)77(92)84(58)48-55)104-19-6-20-105-72-45-65-63(43-69(72)95-5)78(93)85-49-56(39-59(85)47-81-65)54-9-12-67-70(40-54)107-50-106-67/h7-14,40,42-49,51-52,58-59,61H,6,15-39,41,50H2,1-5H3,(H,79,88)(H,82,91)/t52-,58+,59+,61?/m1/s1. The van der Waals surface area contributed by atoms with Gasteiger partial charge in [0.05, 0.1) is 168 Å². The zero-order valence-electron chi connectivity index (χ0n) is 61.2. The number of ether oxygens (including phenoxy) is 14. The van der Waals surface area contributed by atoms with E-state index in [9.17, 15) is 38.4 Å². The van der Waals surface area contributed by atoms with E-state index in [4.69, 9.17) is 76.3 Å². The third kappa shape index (κ3) is 22.9. The number of methoxy groups -OCH3 is 2. The highest BCUT2D eigenvalue weighted by Gasteiger charge is 2.37. The van der Waals surface area contributed by atoms with Gasteiger partial charge in [0.25, 0.3) is 23.6 Å². The minimum atomic E-state index is -0.655. The molecule has 4 aromatic rings. The zero-order valence-corrected chi connectivity index (χ0v) is 61.2. The summed E-state index contributed by atoms with van der Waals surface area (Å²) in [6.45, 7) is 12.3. The van der Waals surface area contributed by atoms with Gasteiger partial charge in [-0.1, -0.05) is 39.0 Å². The number of benzene rings is 4. The third-order valence-electron chi connectivity index (χ3n) is 18.3. The summed E-state index contributed by atoms with van der Waals surface area (Å²) in [5.74, 6) is -0.478. The predicted octanol–water partition coefficient (Wildman–Crippen LogP) is 7.94. The van der Waals surface area contributed by atoms with Crippen LogP contribution in [0, 0.1) is 17.8 Å². The van der Waals surface area contributed by atoms with Crippen molar-refractivity contribution in [1.29, 1.82) is 0 Å². The van der Waals surface area contributed by atoms with Crippen LogP contribution in [0.2, 0.25) is 0 Å². The summed E-state index contributed by atoms with van der Waals surface area (Å²) in [5, 5.41) is 5.61. The first-order valence-corrected chi connectivity index (χ1v) is 36.2. The van der Waals surface area contributed by atoms with Crippen molar-refractivity contribution in [2.24, 2.45) is 27.7 Å². The van der Waals surface area contributed by atoms with Gasteiger partial charge in [-0.05, 0) is 64.6 Å². The zero-order chi connectivity index (χ0) is 75.4. The van der Waals surface area contributed by atoms with Crippen LogP contribution in [-0.2, 0) is 66.7 Å². The van der Waals surface area contributed by atoms with E-state index in [0.717, 1.165) is 27.2 Å².